The van der Waals surface area contributed by atoms with Crippen molar-refractivity contribution in [1.82, 2.24) is 0 Å². The Morgan fingerprint density at radius 3 is 1.95 bits per heavy atom. The van der Waals surface area contributed by atoms with Gasteiger partial charge in [-0.05, 0) is 12.1 Å². The van der Waals surface area contributed by atoms with Gasteiger partial charge in [-0.15, -0.1) is 0 Å². The van der Waals surface area contributed by atoms with Crippen LogP contribution in [0.4, 0.5) is 4.79 Å². The fourth-order valence-electron chi connectivity index (χ4n) is 1.46. The van der Waals surface area contributed by atoms with Gasteiger partial charge in [0.2, 0.25) is 6.16 Å². The Morgan fingerprint density at radius 1 is 0.952 bits per heavy atom. The van der Waals surface area contributed by atoms with Crippen LogP contribution in [0, 0.1) is 0 Å². The summed E-state index contributed by atoms with van der Waals surface area (Å²) in [4.78, 5) is 20.4. The minimum absolute atomic E-state index is 0. The SMILES string of the molecule is O=C([O-])O.O=C(c1ccccc1)c1ccc(O)cc1O.[Na+]. The van der Waals surface area contributed by atoms with E-state index in [1.165, 1.54) is 12.1 Å². The summed E-state index contributed by atoms with van der Waals surface area (Å²) >= 11 is 0. The van der Waals surface area contributed by atoms with Crippen molar-refractivity contribution in [3.05, 3.63) is 59.7 Å². The third kappa shape index (κ3) is 6.31. The molecule has 21 heavy (non-hydrogen) atoms. The molecule has 0 spiro atoms. The molecule has 0 aliphatic rings. The van der Waals surface area contributed by atoms with Gasteiger partial charge in [0.05, 0.1) is 5.56 Å². The first kappa shape index (κ1) is 19.0. The molecule has 6 nitrogen and oxygen atoms in total. The summed E-state index contributed by atoms with van der Waals surface area (Å²) in [5, 5.41) is 34.0. The normalized spacial score (nSPS) is 8.76. The van der Waals surface area contributed by atoms with E-state index >= 15 is 0 Å². The molecular formula is C14H11NaO6. The Hall–Kier alpha value is -2.02. The second-order valence-electron chi connectivity index (χ2n) is 3.66. The number of carboxylic acid groups (broad SMARTS) is 2. The summed E-state index contributed by atoms with van der Waals surface area (Å²) in [5.74, 6) is -0.547. The Bertz CT molecular complexity index is 608. The molecule has 0 aliphatic heterocycles. The molecule has 7 heteroatoms. The van der Waals surface area contributed by atoms with Crippen molar-refractivity contribution in [2.45, 2.75) is 0 Å². The summed E-state index contributed by atoms with van der Waals surface area (Å²) in [6.45, 7) is 0. The maximum atomic E-state index is 11.9. The summed E-state index contributed by atoms with van der Waals surface area (Å²) in [6.07, 6.45) is -2.08. The molecule has 104 valence electrons. The molecule has 2 aromatic rings. The van der Waals surface area contributed by atoms with Gasteiger partial charge in [0.15, 0.2) is 5.78 Å². The van der Waals surface area contributed by atoms with Crippen LogP contribution in [0.2, 0.25) is 0 Å². The van der Waals surface area contributed by atoms with Crippen LogP contribution in [-0.2, 0) is 0 Å². The zero-order valence-electron chi connectivity index (χ0n) is 11.2. The summed E-state index contributed by atoms with van der Waals surface area (Å²) in [7, 11) is 0. The Morgan fingerprint density at radius 2 is 1.48 bits per heavy atom. The minimum Gasteiger partial charge on any atom is -0.565 e. The molecule has 0 bridgehead atoms. The first-order valence-electron chi connectivity index (χ1n) is 5.43. The summed E-state index contributed by atoms with van der Waals surface area (Å²) in [6, 6.07) is 12.6. The Balaban J connectivity index is 0.000000715. The second kappa shape index (κ2) is 9.02. The van der Waals surface area contributed by atoms with Crippen molar-refractivity contribution in [3.8, 4) is 11.5 Å². The zero-order chi connectivity index (χ0) is 15.1. The molecule has 0 aliphatic carbocycles. The molecule has 0 fully saturated rings. The van der Waals surface area contributed by atoms with Crippen molar-refractivity contribution in [2.24, 2.45) is 0 Å². The molecule has 2 rings (SSSR count). The number of aromatic hydroxyl groups is 2. The number of carbonyl (C=O) groups excluding carboxylic acids is 1. The first-order valence-corrected chi connectivity index (χ1v) is 5.43. The molecule has 0 heterocycles. The van der Waals surface area contributed by atoms with Crippen molar-refractivity contribution >= 4 is 11.9 Å². The predicted molar refractivity (Wildman–Crippen MR) is 67.7 cm³/mol. The van der Waals surface area contributed by atoms with Crippen molar-refractivity contribution in [1.29, 1.82) is 0 Å². The van der Waals surface area contributed by atoms with Gasteiger partial charge in [-0.25, -0.2) is 0 Å². The van der Waals surface area contributed by atoms with Crippen molar-refractivity contribution in [3.63, 3.8) is 0 Å². The molecule has 0 saturated heterocycles. The van der Waals surface area contributed by atoms with E-state index in [2.05, 4.69) is 0 Å². The zero-order valence-corrected chi connectivity index (χ0v) is 13.2. The van der Waals surface area contributed by atoms with Gasteiger partial charge in [-0.3, -0.25) is 4.79 Å². The minimum atomic E-state index is -2.08. The average Bonchev–Trinajstić information content (AvgIpc) is 2.38. The maximum Gasteiger partial charge on any atom is 1.00 e. The number of carbonyl (C=O) groups is 2. The third-order valence-electron chi connectivity index (χ3n) is 2.26. The van der Waals surface area contributed by atoms with Crippen LogP contribution in [0.1, 0.15) is 15.9 Å². The molecule has 0 atom stereocenters. The molecule has 0 radical (unpaired) electrons. The molecule has 0 unspecified atom stereocenters. The van der Waals surface area contributed by atoms with Gasteiger partial charge in [-0.2, -0.15) is 0 Å². The third-order valence-corrected chi connectivity index (χ3v) is 2.26. The standard InChI is InChI=1S/C13H10O3.CH2O3.Na/c14-10-6-7-11(12(15)8-10)13(16)9-4-2-1-3-5-9;2-1(3)4;/h1-8,14-15H;(H2,2,3,4);/q;;+1/p-1. The largest absolute Gasteiger partial charge is 1.00 e. The van der Waals surface area contributed by atoms with E-state index in [4.69, 9.17) is 20.1 Å². The quantitative estimate of drug-likeness (QED) is 0.446. The van der Waals surface area contributed by atoms with Crippen molar-refractivity contribution in [2.75, 3.05) is 0 Å². The van der Waals surface area contributed by atoms with Gasteiger partial charge in [0, 0.05) is 11.6 Å². The molecule has 3 N–H and O–H groups in total. The Labute approximate surface area is 142 Å². The summed E-state index contributed by atoms with van der Waals surface area (Å²) < 4.78 is 0. The number of phenolic OH excluding ortho intramolecular Hbond substituents is 2. The van der Waals surface area contributed by atoms with E-state index in [0.29, 0.717) is 5.56 Å². The van der Waals surface area contributed by atoms with E-state index in [-0.39, 0.29) is 52.4 Å². The fourth-order valence-corrected chi connectivity index (χ4v) is 1.46. The van der Waals surface area contributed by atoms with Gasteiger partial charge in [0.25, 0.3) is 0 Å². The first-order chi connectivity index (χ1) is 9.41. The molecular weight excluding hydrogens is 287 g/mol. The topological polar surface area (TPSA) is 118 Å². The van der Waals surface area contributed by atoms with Crippen molar-refractivity contribution < 1.29 is 59.6 Å². The van der Waals surface area contributed by atoms with Crippen LogP contribution in [0.25, 0.3) is 0 Å². The van der Waals surface area contributed by atoms with Gasteiger partial charge in [0.1, 0.15) is 11.5 Å². The summed E-state index contributed by atoms with van der Waals surface area (Å²) in [5.41, 5.74) is 0.687. The smallest absolute Gasteiger partial charge is 0.565 e. The van der Waals surface area contributed by atoms with E-state index in [1.807, 2.05) is 6.07 Å². The van der Waals surface area contributed by atoms with Crippen LogP contribution in [0.3, 0.4) is 0 Å². The van der Waals surface area contributed by atoms with E-state index in [0.717, 1.165) is 6.07 Å². The monoisotopic (exact) mass is 298 g/mol. The van der Waals surface area contributed by atoms with E-state index in [9.17, 15) is 9.90 Å². The van der Waals surface area contributed by atoms with Crippen LogP contribution in [-0.4, -0.2) is 27.3 Å². The molecule has 2 aromatic carbocycles. The molecule has 0 amide bonds. The predicted octanol–water partition coefficient (Wildman–Crippen LogP) is -1.78. The van der Waals surface area contributed by atoms with Gasteiger partial charge < -0.3 is 25.2 Å². The second-order valence-corrected chi connectivity index (χ2v) is 3.66. The molecule has 0 aromatic heterocycles. The number of hydrogen-bond donors (Lipinski definition) is 3. The number of benzene rings is 2. The number of hydrogen-bond acceptors (Lipinski definition) is 5. The average molecular weight is 298 g/mol. The van der Waals surface area contributed by atoms with Crippen LogP contribution in [0.5, 0.6) is 11.5 Å². The van der Waals surface area contributed by atoms with Crippen LogP contribution >= 0.6 is 0 Å². The van der Waals surface area contributed by atoms with E-state index < -0.39 is 6.16 Å². The van der Waals surface area contributed by atoms with Crippen LogP contribution < -0.4 is 34.7 Å². The van der Waals surface area contributed by atoms with Gasteiger partial charge >= 0.3 is 29.6 Å². The number of rotatable bonds is 2. The van der Waals surface area contributed by atoms with Gasteiger partial charge in [-0.1, -0.05) is 30.3 Å². The number of phenols is 2. The molecule has 0 saturated carbocycles. The maximum absolute atomic E-state index is 11.9. The number of ketones is 1. The van der Waals surface area contributed by atoms with Crippen LogP contribution in [0.15, 0.2) is 48.5 Å². The fraction of sp³-hybridized carbons (Fsp3) is 0. The van der Waals surface area contributed by atoms with E-state index in [1.54, 1.807) is 24.3 Å². The Kier molecular flexibility index (Phi) is 8.15.